The molecule has 5 rings (SSSR count). The smallest absolute Gasteiger partial charge is 0.308 e. The van der Waals surface area contributed by atoms with Crippen molar-refractivity contribution in [1.29, 1.82) is 0 Å². The molecule has 174 valence electrons. The van der Waals surface area contributed by atoms with Crippen LogP contribution >= 0.6 is 0 Å². The van der Waals surface area contributed by atoms with Crippen molar-refractivity contribution in [1.82, 2.24) is 10.6 Å². The number of nitrogens with one attached hydrogen (secondary N) is 2. The highest BCUT2D eigenvalue weighted by atomic mass is 16.5. The van der Waals surface area contributed by atoms with Crippen LogP contribution in [0.1, 0.15) is 50.5 Å². The number of ether oxygens (including phenoxy) is 2. The second-order valence-corrected chi connectivity index (χ2v) is 9.88. The third-order valence-corrected chi connectivity index (χ3v) is 7.18. The van der Waals surface area contributed by atoms with E-state index in [1.54, 1.807) is 0 Å². The van der Waals surface area contributed by atoms with Gasteiger partial charge in [0, 0.05) is 12.0 Å². The second-order valence-electron chi connectivity index (χ2n) is 9.88. The SMILES string of the molecule is Cc1cccc(OCCNC(=O)COC(=O)CCNC(=O)C23CC4CC(CC(C4)C2)C3)c1. The Labute approximate surface area is 189 Å². The molecular formula is C25H34N2O5. The van der Waals surface area contributed by atoms with Gasteiger partial charge in [-0.05, 0) is 80.9 Å². The van der Waals surface area contributed by atoms with Crippen molar-refractivity contribution in [2.75, 3.05) is 26.3 Å². The minimum absolute atomic E-state index is 0.0713. The quantitative estimate of drug-likeness (QED) is 0.429. The highest BCUT2D eigenvalue weighted by Gasteiger charge is 2.54. The molecule has 0 heterocycles. The summed E-state index contributed by atoms with van der Waals surface area (Å²) in [5.74, 6) is 2.12. The van der Waals surface area contributed by atoms with E-state index in [9.17, 15) is 14.4 Å². The normalized spacial score (nSPS) is 27.6. The molecule has 4 fully saturated rings. The van der Waals surface area contributed by atoms with Gasteiger partial charge in [0.25, 0.3) is 5.91 Å². The number of rotatable bonds is 10. The first kappa shape index (κ1) is 22.6. The largest absolute Gasteiger partial charge is 0.492 e. The van der Waals surface area contributed by atoms with Crippen molar-refractivity contribution in [2.24, 2.45) is 23.2 Å². The lowest BCUT2D eigenvalue weighted by Gasteiger charge is -2.55. The Morgan fingerprint density at radius 2 is 1.69 bits per heavy atom. The minimum atomic E-state index is -0.484. The molecule has 7 heteroatoms. The van der Waals surface area contributed by atoms with Gasteiger partial charge < -0.3 is 20.1 Å². The molecule has 0 aromatic heterocycles. The Kier molecular flexibility index (Phi) is 7.01. The van der Waals surface area contributed by atoms with E-state index in [4.69, 9.17) is 9.47 Å². The molecule has 4 aliphatic rings. The standard InChI is InChI=1S/C25H34N2O5/c1-17-3-2-4-21(9-17)31-8-7-26-22(28)16-32-23(29)5-6-27-24(30)25-13-18-10-19(14-25)12-20(11-18)15-25/h2-4,9,18-20H,5-8,10-16H2,1H3,(H,26,28)(H,27,30). The first-order chi connectivity index (χ1) is 15.4. The fourth-order valence-electron chi connectivity index (χ4n) is 6.19. The fourth-order valence-corrected chi connectivity index (χ4v) is 6.19. The predicted molar refractivity (Wildman–Crippen MR) is 119 cm³/mol. The number of benzene rings is 1. The maximum absolute atomic E-state index is 12.9. The summed E-state index contributed by atoms with van der Waals surface area (Å²) in [6.07, 6.45) is 6.95. The first-order valence-electron chi connectivity index (χ1n) is 11.8. The molecule has 32 heavy (non-hydrogen) atoms. The lowest BCUT2D eigenvalue weighted by Crippen LogP contribution is -2.53. The van der Waals surface area contributed by atoms with E-state index in [0.29, 0.717) is 30.9 Å². The maximum atomic E-state index is 12.9. The molecule has 0 unspecified atom stereocenters. The molecule has 0 radical (unpaired) electrons. The number of hydrogen-bond donors (Lipinski definition) is 2. The van der Waals surface area contributed by atoms with Gasteiger partial charge in [0.05, 0.1) is 13.0 Å². The van der Waals surface area contributed by atoms with Gasteiger partial charge in [-0.1, -0.05) is 12.1 Å². The Bertz CT molecular complexity index is 817. The van der Waals surface area contributed by atoms with E-state index in [1.807, 2.05) is 31.2 Å². The lowest BCUT2D eigenvalue weighted by molar-refractivity contribution is -0.149. The van der Waals surface area contributed by atoms with Gasteiger partial charge in [-0.25, -0.2) is 0 Å². The third kappa shape index (κ3) is 5.61. The number of hydrogen-bond acceptors (Lipinski definition) is 5. The predicted octanol–water partition coefficient (Wildman–Crippen LogP) is 2.76. The van der Waals surface area contributed by atoms with Crippen molar-refractivity contribution in [2.45, 2.75) is 51.9 Å². The highest BCUT2D eigenvalue weighted by Crippen LogP contribution is 2.60. The zero-order valence-corrected chi connectivity index (χ0v) is 18.9. The van der Waals surface area contributed by atoms with Gasteiger partial charge in [-0.2, -0.15) is 0 Å². The minimum Gasteiger partial charge on any atom is -0.492 e. The summed E-state index contributed by atoms with van der Waals surface area (Å²) in [5, 5.41) is 5.62. The number of amides is 2. The summed E-state index contributed by atoms with van der Waals surface area (Å²) in [6, 6.07) is 7.68. The highest BCUT2D eigenvalue weighted by molar-refractivity contribution is 5.84. The van der Waals surface area contributed by atoms with E-state index in [-0.39, 0.29) is 36.8 Å². The molecule has 4 bridgehead atoms. The van der Waals surface area contributed by atoms with Gasteiger partial charge in [-0.15, -0.1) is 0 Å². The molecule has 0 aliphatic heterocycles. The molecule has 1 aromatic carbocycles. The summed E-state index contributed by atoms with van der Waals surface area (Å²) in [4.78, 5) is 36.7. The van der Waals surface area contributed by atoms with Crippen molar-refractivity contribution >= 4 is 17.8 Å². The van der Waals surface area contributed by atoms with Crippen molar-refractivity contribution in [3.63, 3.8) is 0 Å². The fraction of sp³-hybridized carbons (Fsp3) is 0.640. The summed E-state index contributed by atoms with van der Waals surface area (Å²) < 4.78 is 10.6. The van der Waals surface area contributed by atoms with Gasteiger partial charge >= 0.3 is 5.97 Å². The van der Waals surface area contributed by atoms with Gasteiger partial charge in [0.15, 0.2) is 6.61 Å². The van der Waals surface area contributed by atoms with Crippen LogP contribution < -0.4 is 15.4 Å². The number of aryl methyl sites for hydroxylation is 1. The Balaban J connectivity index is 1.07. The molecule has 0 spiro atoms. The van der Waals surface area contributed by atoms with Crippen LogP contribution in [0.5, 0.6) is 5.75 Å². The third-order valence-electron chi connectivity index (χ3n) is 7.18. The van der Waals surface area contributed by atoms with E-state index in [0.717, 1.165) is 30.6 Å². The van der Waals surface area contributed by atoms with Crippen LogP contribution in [0.2, 0.25) is 0 Å². The van der Waals surface area contributed by atoms with Crippen LogP contribution in [0.3, 0.4) is 0 Å². The molecule has 4 aliphatic carbocycles. The summed E-state index contributed by atoms with van der Waals surface area (Å²) in [5.41, 5.74) is 0.895. The Morgan fingerprint density at radius 3 is 2.34 bits per heavy atom. The summed E-state index contributed by atoms with van der Waals surface area (Å²) in [6.45, 7) is 2.57. The zero-order chi connectivity index (χ0) is 22.6. The van der Waals surface area contributed by atoms with Crippen molar-refractivity contribution in [3.05, 3.63) is 29.8 Å². The molecule has 2 N–H and O–H groups in total. The Hall–Kier alpha value is -2.57. The van der Waals surface area contributed by atoms with Crippen LogP contribution in [-0.4, -0.2) is 44.1 Å². The zero-order valence-electron chi connectivity index (χ0n) is 18.9. The second kappa shape index (κ2) is 9.92. The van der Waals surface area contributed by atoms with E-state index >= 15 is 0 Å². The number of carbonyl (C=O) groups is 3. The average molecular weight is 443 g/mol. The van der Waals surface area contributed by atoms with Crippen LogP contribution in [0, 0.1) is 30.1 Å². The van der Waals surface area contributed by atoms with Crippen molar-refractivity contribution in [3.8, 4) is 5.75 Å². The summed E-state index contributed by atoms with van der Waals surface area (Å²) >= 11 is 0. The summed E-state index contributed by atoms with van der Waals surface area (Å²) in [7, 11) is 0. The van der Waals surface area contributed by atoms with Gasteiger partial charge in [0.1, 0.15) is 12.4 Å². The van der Waals surface area contributed by atoms with Crippen LogP contribution in [0.25, 0.3) is 0 Å². The average Bonchev–Trinajstić information content (AvgIpc) is 2.74. The molecule has 0 atom stereocenters. The first-order valence-corrected chi connectivity index (χ1v) is 11.8. The molecule has 0 saturated heterocycles. The number of esters is 1. The van der Waals surface area contributed by atoms with Crippen LogP contribution in [-0.2, 0) is 19.1 Å². The topological polar surface area (TPSA) is 93.7 Å². The van der Waals surface area contributed by atoms with Crippen LogP contribution in [0.15, 0.2) is 24.3 Å². The monoisotopic (exact) mass is 442 g/mol. The molecular weight excluding hydrogens is 408 g/mol. The molecule has 7 nitrogen and oxygen atoms in total. The van der Waals surface area contributed by atoms with E-state index < -0.39 is 5.97 Å². The van der Waals surface area contributed by atoms with Crippen molar-refractivity contribution < 1.29 is 23.9 Å². The van der Waals surface area contributed by atoms with Gasteiger partial charge in [-0.3, -0.25) is 14.4 Å². The lowest BCUT2D eigenvalue weighted by atomic mass is 9.49. The molecule has 4 saturated carbocycles. The Morgan fingerprint density at radius 1 is 1.00 bits per heavy atom. The van der Waals surface area contributed by atoms with Gasteiger partial charge in [0.2, 0.25) is 5.91 Å². The van der Waals surface area contributed by atoms with E-state index in [1.165, 1.54) is 19.3 Å². The van der Waals surface area contributed by atoms with Crippen LogP contribution in [0.4, 0.5) is 0 Å². The maximum Gasteiger partial charge on any atom is 0.308 e. The molecule has 2 amide bonds. The van der Waals surface area contributed by atoms with E-state index in [2.05, 4.69) is 10.6 Å². The number of carbonyl (C=O) groups excluding carboxylic acids is 3. The molecule has 1 aromatic rings.